The third-order valence-electron chi connectivity index (χ3n) is 8.94. The predicted octanol–water partition coefficient (Wildman–Crippen LogP) is 11.4. The molecular weight excluding hydrogens is 571 g/mol. The summed E-state index contributed by atoms with van der Waals surface area (Å²) >= 11 is 0. The topological polar surface area (TPSA) is 38.7 Å². The van der Waals surface area contributed by atoms with Crippen LogP contribution in [0.15, 0.2) is 146 Å². The van der Waals surface area contributed by atoms with Crippen LogP contribution in [0.1, 0.15) is 16.7 Å². The van der Waals surface area contributed by atoms with Crippen molar-refractivity contribution in [2.24, 2.45) is 0 Å². The Labute approximate surface area is 275 Å². The summed E-state index contributed by atoms with van der Waals surface area (Å²) in [5.74, 6) is 1.95. The van der Waals surface area contributed by atoms with Crippen LogP contribution in [0.25, 0.3) is 78.0 Å². The van der Waals surface area contributed by atoms with Crippen LogP contribution in [0.5, 0.6) is 0 Å². The minimum atomic E-state index is 0.647. The van der Waals surface area contributed by atoms with Gasteiger partial charge in [-0.15, -0.1) is 0 Å². The second-order valence-corrected chi connectivity index (χ2v) is 12.3. The first-order valence-electron chi connectivity index (χ1n) is 16.0. The van der Waals surface area contributed by atoms with Gasteiger partial charge in [0.25, 0.3) is 0 Å². The Morgan fingerprint density at radius 3 is 1.45 bits per heavy atom. The van der Waals surface area contributed by atoms with E-state index < -0.39 is 0 Å². The van der Waals surface area contributed by atoms with Crippen molar-refractivity contribution in [1.29, 1.82) is 0 Å². The summed E-state index contributed by atoms with van der Waals surface area (Å²) < 4.78 is 0. The predicted molar refractivity (Wildman–Crippen MR) is 196 cm³/mol. The maximum atomic E-state index is 5.12. The monoisotopic (exact) mass is 603 g/mol. The molecule has 3 heteroatoms. The molecule has 1 heterocycles. The van der Waals surface area contributed by atoms with Crippen molar-refractivity contribution in [2.75, 3.05) is 0 Å². The highest BCUT2D eigenvalue weighted by molar-refractivity contribution is 6.14. The van der Waals surface area contributed by atoms with Gasteiger partial charge >= 0.3 is 0 Å². The molecule has 0 bridgehead atoms. The summed E-state index contributed by atoms with van der Waals surface area (Å²) in [6, 6.07) is 51.4. The third kappa shape index (κ3) is 5.36. The van der Waals surface area contributed by atoms with E-state index in [9.17, 15) is 0 Å². The van der Waals surface area contributed by atoms with E-state index in [-0.39, 0.29) is 0 Å². The van der Waals surface area contributed by atoms with Crippen LogP contribution in [0.2, 0.25) is 0 Å². The smallest absolute Gasteiger partial charge is 0.164 e. The molecule has 0 aliphatic heterocycles. The molecule has 8 aromatic rings. The van der Waals surface area contributed by atoms with Gasteiger partial charge in [0.1, 0.15) is 0 Å². The molecule has 8 rings (SSSR count). The summed E-state index contributed by atoms with van der Waals surface area (Å²) in [5, 5.41) is 4.94. The zero-order valence-electron chi connectivity index (χ0n) is 26.7. The van der Waals surface area contributed by atoms with E-state index in [2.05, 4.69) is 130 Å². The molecule has 0 radical (unpaired) electrons. The lowest BCUT2D eigenvalue weighted by Crippen LogP contribution is -2.01. The largest absolute Gasteiger partial charge is 0.208 e. The van der Waals surface area contributed by atoms with Gasteiger partial charge in [-0.3, -0.25) is 0 Å². The van der Waals surface area contributed by atoms with Gasteiger partial charge in [0, 0.05) is 16.7 Å². The van der Waals surface area contributed by atoms with E-state index in [1.807, 2.05) is 36.4 Å². The number of hydrogen-bond acceptors (Lipinski definition) is 3. The molecule has 0 aliphatic carbocycles. The fourth-order valence-corrected chi connectivity index (χ4v) is 6.92. The summed E-state index contributed by atoms with van der Waals surface area (Å²) in [6.45, 7) is 6.57. The SMILES string of the molecule is Cc1cc(C)c(-c2cc(-c3nc(-c4ccccc4)nc(-c4ccccc4)n3)cc(-c3cc4ccccc4c4ccccc34)c2)c(C)c1. The molecule has 0 N–H and O–H groups in total. The van der Waals surface area contributed by atoms with Gasteiger partial charge in [-0.2, -0.15) is 0 Å². The average molecular weight is 604 g/mol. The molecule has 0 unspecified atom stereocenters. The van der Waals surface area contributed by atoms with Crippen LogP contribution >= 0.6 is 0 Å². The van der Waals surface area contributed by atoms with Crippen molar-refractivity contribution in [3.05, 3.63) is 162 Å². The Kier molecular flexibility index (Phi) is 7.15. The molecule has 0 saturated heterocycles. The van der Waals surface area contributed by atoms with Crippen molar-refractivity contribution in [3.8, 4) is 56.4 Å². The first kappa shape index (κ1) is 28.5. The Morgan fingerprint density at radius 1 is 0.362 bits per heavy atom. The zero-order chi connectivity index (χ0) is 31.9. The van der Waals surface area contributed by atoms with E-state index in [0.29, 0.717) is 17.5 Å². The number of aromatic nitrogens is 3. The minimum Gasteiger partial charge on any atom is -0.208 e. The van der Waals surface area contributed by atoms with Crippen LogP contribution in [-0.2, 0) is 0 Å². The van der Waals surface area contributed by atoms with E-state index in [4.69, 9.17) is 15.0 Å². The number of hydrogen-bond donors (Lipinski definition) is 0. The fraction of sp³-hybridized carbons (Fsp3) is 0.0682. The Morgan fingerprint density at radius 2 is 0.830 bits per heavy atom. The van der Waals surface area contributed by atoms with Crippen LogP contribution in [0, 0.1) is 20.8 Å². The van der Waals surface area contributed by atoms with Gasteiger partial charge in [0.2, 0.25) is 0 Å². The Hall–Kier alpha value is -5.93. The van der Waals surface area contributed by atoms with Crippen molar-refractivity contribution in [3.63, 3.8) is 0 Å². The van der Waals surface area contributed by atoms with Crippen molar-refractivity contribution in [2.45, 2.75) is 20.8 Å². The maximum absolute atomic E-state index is 5.12. The third-order valence-corrected chi connectivity index (χ3v) is 8.94. The molecule has 224 valence electrons. The standard InChI is InChI=1S/C44H33N3/c1-28-22-29(2)41(30(3)23-28)35-24-34(40-27-33-18-10-11-19-37(33)38-20-12-13-21-39(38)40)25-36(26-35)44-46-42(31-14-6-4-7-15-31)45-43(47-44)32-16-8-5-9-17-32/h4-27H,1-3H3. The Balaban J connectivity index is 1.44. The lowest BCUT2D eigenvalue weighted by Gasteiger charge is -2.17. The average Bonchev–Trinajstić information content (AvgIpc) is 3.11. The molecule has 0 saturated carbocycles. The molecule has 7 aromatic carbocycles. The second-order valence-electron chi connectivity index (χ2n) is 12.3. The highest BCUT2D eigenvalue weighted by Gasteiger charge is 2.17. The molecule has 0 spiro atoms. The number of rotatable bonds is 5. The van der Waals surface area contributed by atoms with E-state index in [0.717, 1.165) is 27.8 Å². The van der Waals surface area contributed by atoms with E-state index in [1.54, 1.807) is 0 Å². The molecule has 1 aromatic heterocycles. The summed E-state index contributed by atoms with van der Waals surface area (Å²) in [7, 11) is 0. The van der Waals surface area contributed by atoms with Crippen molar-refractivity contribution in [1.82, 2.24) is 15.0 Å². The normalized spacial score (nSPS) is 11.3. The zero-order valence-corrected chi connectivity index (χ0v) is 26.7. The summed E-state index contributed by atoms with van der Waals surface area (Å²) in [5.41, 5.74) is 11.3. The van der Waals surface area contributed by atoms with Gasteiger partial charge in [-0.25, -0.2) is 15.0 Å². The van der Waals surface area contributed by atoms with Gasteiger partial charge in [0.15, 0.2) is 17.5 Å². The number of benzene rings is 7. The lowest BCUT2D eigenvalue weighted by atomic mass is 9.88. The first-order chi connectivity index (χ1) is 23.0. The molecule has 0 aliphatic rings. The quantitative estimate of drug-likeness (QED) is 0.184. The second kappa shape index (κ2) is 11.8. The highest BCUT2D eigenvalue weighted by Crippen LogP contribution is 2.40. The lowest BCUT2D eigenvalue weighted by molar-refractivity contribution is 1.07. The number of aryl methyl sites for hydroxylation is 3. The van der Waals surface area contributed by atoms with Crippen LogP contribution in [0.3, 0.4) is 0 Å². The van der Waals surface area contributed by atoms with Crippen molar-refractivity contribution >= 4 is 21.5 Å². The molecule has 0 amide bonds. The van der Waals surface area contributed by atoms with E-state index >= 15 is 0 Å². The molecule has 47 heavy (non-hydrogen) atoms. The van der Waals surface area contributed by atoms with Crippen LogP contribution < -0.4 is 0 Å². The van der Waals surface area contributed by atoms with Gasteiger partial charge in [0.05, 0.1) is 0 Å². The maximum Gasteiger partial charge on any atom is 0.164 e. The first-order valence-corrected chi connectivity index (χ1v) is 16.0. The van der Waals surface area contributed by atoms with Crippen molar-refractivity contribution < 1.29 is 0 Å². The van der Waals surface area contributed by atoms with Crippen LogP contribution in [0.4, 0.5) is 0 Å². The molecule has 3 nitrogen and oxygen atoms in total. The number of nitrogens with zero attached hydrogens (tertiary/aromatic N) is 3. The highest BCUT2D eigenvalue weighted by atomic mass is 15.0. The minimum absolute atomic E-state index is 0.647. The Bertz CT molecular complexity index is 2350. The molecule has 0 fully saturated rings. The molecule has 0 atom stereocenters. The number of fused-ring (bicyclic) bond motifs is 3. The van der Waals surface area contributed by atoms with E-state index in [1.165, 1.54) is 49.4 Å². The van der Waals surface area contributed by atoms with Gasteiger partial charge in [-0.1, -0.05) is 127 Å². The summed E-state index contributed by atoms with van der Waals surface area (Å²) in [6.07, 6.45) is 0. The van der Waals surface area contributed by atoms with Gasteiger partial charge in [-0.05, 0) is 100.0 Å². The fourth-order valence-electron chi connectivity index (χ4n) is 6.92. The summed E-state index contributed by atoms with van der Waals surface area (Å²) in [4.78, 5) is 15.2. The van der Waals surface area contributed by atoms with Gasteiger partial charge < -0.3 is 0 Å². The van der Waals surface area contributed by atoms with Crippen LogP contribution in [-0.4, -0.2) is 15.0 Å². The molecular formula is C44H33N3.